The molecule has 0 radical (unpaired) electrons. The molecule has 0 saturated heterocycles. The van der Waals surface area contributed by atoms with Crippen molar-refractivity contribution >= 4 is 18.3 Å². The molecule has 4 nitrogen and oxygen atoms in total. The van der Waals surface area contributed by atoms with Gasteiger partial charge in [-0.05, 0) is 0 Å². The number of hydrogen-bond donors (Lipinski definition) is 3. The number of hydrogen-bond acceptors (Lipinski definition) is 3. The van der Waals surface area contributed by atoms with Gasteiger partial charge in [-0.3, -0.25) is 4.79 Å². The van der Waals surface area contributed by atoms with E-state index in [1.54, 1.807) is 0 Å². The fourth-order valence-corrected chi connectivity index (χ4v) is 0.356. The van der Waals surface area contributed by atoms with Gasteiger partial charge in [0.05, 0.1) is 0 Å². The van der Waals surface area contributed by atoms with E-state index in [1.165, 1.54) is 0 Å². The van der Waals surface area contributed by atoms with Crippen LogP contribution in [0.4, 0.5) is 13.2 Å². The number of aliphatic hydroxyl groups is 1. The summed E-state index contributed by atoms with van der Waals surface area (Å²) in [5.41, 5.74) is 5.20. The maximum absolute atomic E-state index is 11.7. The summed E-state index contributed by atoms with van der Waals surface area (Å²) in [6.07, 6.45) is -5.12. The van der Waals surface area contributed by atoms with Crippen LogP contribution in [0.15, 0.2) is 0 Å². The van der Waals surface area contributed by atoms with Crippen molar-refractivity contribution < 1.29 is 23.1 Å². The molecule has 0 aromatic carbocycles. The highest BCUT2D eigenvalue weighted by Crippen LogP contribution is 2.28. The molecule has 0 aromatic heterocycles. The lowest BCUT2D eigenvalue weighted by atomic mass is 10.0. The van der Waals surface area contributed by atoms with Gasteiger partial charge in [0.25, 0.3) is 11.5 Å². The van der Waals surface area contributed by atoms with Crippen molar-refractivity contribution in [2.24, 2.45) is 11.5 Å². The summed E-state index contributed by atoms with van der Waals surface area (Å²) in [7, 11) is 0. The molecule has 1 atom stereocenters. The van der Waals surface area contributed by atoms with Crippen molar-refractivity contribution in [3.63, 3.8) is 0 Å². The number of halogens is 4. The van der Waals surface area contributed by atoms with Crippen molar-refractivity contribution in [2.75, 3.05) is 6.54 Å². The van der Waals surface area contributed by atoms with E-state index in [0.717, 1.165) is 0 Å². The molecule has 0 fully saturated rings. The predicted octanol–water partition coefficient (Wildman–Crippen LogP) is -0.854. The van der Waals surface area contributed by atoms with Crippen molar-refractivity contribution in [1.82, 2.24) is 0 Å². The highest BCUT2D eigenvalue weighted by molar-refractivity contribution is 5.85. The molecule has 5 N–H and O–H groups in total. The van der Waals surface area contributed by atoms with Crippen LogP contribution in [-0.2, 0) is 4.79 Å². The zero-order valence-electron chi connectivity index (χ0n) is 5.76. The zero-order valence-corrected chi connectivity index (χ0v) is 6.58. The van der Waals surface area contributed by atoms with Gasteiger partial charge >= 0.3 is 6.18 Å². The fourth-order valence-electron chi connectivity index (χ4n) is 0.356. The minimum atomic E-state index is -5.12. The van der Waals surface area contributed by atoms with Gasteiger partial charge in [-0.25, -0.2) is 0 Å². The first kappa shape index (κ1) is 14.0. The van der Waals surface area contributed by atoms with Crippen molar-refractivity contribution in [3.05, 3.63) is 0 Å². The van der Waals surface area contributed by atoms with E-state index < -0.39 is 24.2 Å². The van der Waals surface area contributed by atoms with E-state index in [1.807, 2.05) is 0 Å². The Morgan fingerprint density at radius 3 is 1.75 bits per heavy atom. The molecule has 0 saturated carbocycles. The standard InChI is InChI=1S/C4H7F3N2O2.ClH/c5-4(6,7)3(11,1-8)2(9)10;/h11H,1,8H2,(H2,9,10);1H/t3-;/m1./s1. The topological polar surface area (TPSA) is 89.3 Å². The maximum atomic E-state index is 11.7. The second kappa shape index (κ2) is 3.92. The molecule has 0 aliphatic heterocycles. The number of carbonyl (C=O) groups is 1. The van der Waals surface area contributed by atoms with Crippen molar-refractivity contribution in [3.8, 4) is 0 Å². The molecule has 74 valence electrons. The van der Waals surface area contributed by atoms with E-state index in [4.69, 9.17) is 5.11 Å². The minimum Gasteiger partial charge on any atom is -0.372 e. The number of amides is 1. The molecule has 12 heavy (non-hydrogen) atoms. The first-order valence-corrected chi connectivity index (χ1v) is 2.55. The highest BCUT2D eigenvalue weighted by atomic mass is 35.5. The Kier molecular flexibility index (Phi) is 4.58. The van der Waals surface area contributed by atoms with Gasteiger partial charge in [0.1, 0.15) is 0 Å². The molecular formula is C4H8ClF3N2O2. The Morgan fingerprint density at radius 2 is 1.75 bits per heavy atom. The predicted molar refractivity (Wildman–Crippen MR) is 36.5 cm³/mol. The van der Waals surface area contributed by atoms with Crippen LogP contribution in [-0.4, -0.2) is 29.3 Å². The molecule has 0 heterocycles. The summed E-state index contributed by atoms with van der Waals surface area (Å²) in [6.45, 7) is -1.27. The first-order chi connectivity index (χ1) is 4.75. The van der Waals surface area contributed by atoms with Gasteiger partial charge in [0.2, 0.25) is 0 Å². The second-order valence-corrected chi connectivity index (χ2v) is 1.93. The normalized spacial score (nSPS) is 16.1. The third-order valence-electron chi connectivity index (χ3n) is 1.17. The second-order valence-electron chi connectivity index (χ2n) is 1.93. The van der Waals surface area contributed by atoms with Crippen LogP contribution in [0.5, 0.6) is 0 Å². The van der Waals surface area contributed by atoms with Gasteiger partial charge in [0, 0.05) is 6.54 Å². The Hall–Kier alpha value is -0.530. The minimum absolute atomic E-state index is 0. The van der Waals surface area contributed by atoms with E-state index in [2.05, 4.69) is 11.5 Å². The average molecular weight is 209 g/mol. The molecule has 0 aliphatic rings. The number of alkyl halides is 3. The summed E-state index contributed by atoms with van der Waals surface area (Å²) in [5, 5.41) is 8.51. The highest BCUT2D eigenvalue weighted by Gasteiger charge is 2.57. The number of nitrogens with two attached hydrogens (primary N) is 2. The third kappa shape index (κ3) is 2.23. The van der Waals surface area contributed by atoms with E-state index in [9.17, 15) is 18.0 Å². The summed E-state index contributed by atoms with van der Waals surface area (Å²) in [5.74, 6) is -1.90. The number of rotatable bonds is 2. The van der Waals surface area contributed by atoms with Crippen molar-refractivity contribution in [1.29, 1.82) is 0 Å². The zero-order chi connectivity index (χ0) is 9.28. The molecule has 0 unspecified atom stereocenters. The molecule has 0 aromatic rings. The summed E-state index contributed by atoms with van der Waals surface area (Å²) in [4.78, 5) is 10.1. The number of carbonyl (C=O) groups excluding carboxylic acids is 1. The van der Waals surface area contributed by atoms with Gasteiger partial charge in [-0.1, -0.05) is 0 Å². The van der Waals surface area contributed by atoms with E-state index >= 15 is 0 Å². The molecule has 0 rings (SSSR count). The van der Waals surface area contributed by atoms with Crippen LogP contribution in [0.3, 0.4) is 0 Å². The molecule has 0 spiro atoms. The number of primary amides is 1. The summed E-state index contributed by atoms with van der Waals surface area (Å²) < 4.78 is 35.2. The van der Waals surface area contributed by atoms with Crippen LogP contribution < -0.4 is 11.5 Å². The fraction of sp³-hybridized carbons (Fsp3) is 0.750. The lowest BCUT2D eigenvalue weighted by molar-refractivity contribution is -0.246. The van der Waals surface area contributed by atoms with Crippen LogP contribution in [0.2, 0.25) is 0 Å². The molecule has 0 aliphatic carbocycles. The smallest absolute Gasteiger partial charge is 0.372 e. The van der Waals surface area contributed by atoms with Gasteiger partial charge in [0.15, 0.2) is 0 Å². The van der Waals surface area contributed by atoms with Gasteiger partial charge in [-0.2, -0.15) is 13.2 Å². The first-order valence-electron chi connectivity index (χ1n) is 2.55. The largest absolute Gasteiger partial charge is 0.427 e. The third-order valence-corrected chi connectivity index (χ3v) is 1.17. The van der Waals surface area contributed by atoms with Crippen LogP contribution >= 0.6 is 12.4 Å². The quantitative estimate of drug-likeness (QED) is 0.552. The maximum Gasteiger partial charge on any atom is 0.427 e. The molecule has 1 amide bonds. The Balaban J connectivity index is 0. The molecular weight excluding hydrogens is 201 g/mol. The Labute approximate surface area is 72.1 Å². The van der Waals surface area contributed by atoms with Gasteiger partial charge < -0.3 is 16.6 Å². The Bertz CT molecular complexity index is 174. The lowest BCUT2D eigenvalue weighted by Crippen LogP contribution is -2.60. The average Bonchev–Trinajstić information content (AvgIpc) is 1.83. The Morgan fingerprint density at radius 1 is 1.42 bits per heavy atom. The lowest BCUT2D eigenvalue weighted by Gasteiger charge is -2.24. The van der Waals surface area contributed by atoms with E-state index in [-0.39, 0.29) is 12.4 Å². The molecule has 8 heteroatoms. The molecule has 0 bridgehead atoms. The van der Waals surface area contributed by atoms with Crippen LogP contribution in [0.1, 0.15) is 0 Å². The van der Waals surface area contributed by atoms with Gasteiger partial charge in [-0.15, -0.1) is 12.4 Å². The SMILES string of the molecule is Cl.NC[C@@](O)(C(N)=O)C(F)(F)F. The van der Waals surface area contributed by atoms with Crippen molar-refractivity contribution in [2.45, 2.75) is 11.8 Å². The van der Waals surface area contributed by atoms with E-state index in [0.29, 0.717) is 0 Å². The monoisotopic (exact) mass is 208 g/mol. The van der Waals surface area contributed by atoms with Crippen LogP contribution in [0, 0.1) is 0 Å². The summed E-state index contributed by atoms with van der Waals surface area (Å²) in [6, 6.07) is 0. The van der Waals surface area contributed by atoms with Crippen LogP contribution in [0.25, 0.3) is 0 Å². The summed E-state index contributed by atoms with van der Waals surface area (Å²) >= 11 is 0.